The van der Waals surface area contributed by atoms with Crippen LogP contribution in [0.2, 0.25) is 0 Å². The van der Waals surface area contributed by atoms with Crippen molar-refractivity contribution in [2.75, 3.05) is 6.54 Å². The zero-order chi connectivity index (χ0) is 13.8. The van der Waals surface area contributed by atoms with E-state index in [1.54, 1.807) is 0 Å². The zero-order valence-electron chi connectivity index (χ0n) is 9.81. The van der Waals surface area contributed by atoms with Gasteiger partial charge >= 0.3 is 5.97 Å². The Morgan fingerprint density at radius 3 is 2.95 bits per heavy atom. The first-order valence-corrected chi connectivity index (χ1v) is 5.76. The number of aliphatic imine (C=N–C) groups is 1. The van der Waals surface area contributed by atoms with E-state index >= 15 is 0 Å². The van der Waals surface area contributed by atoms with Gasteiger partial charge in [-0.3, -0.25) is 0 Å². The number of fused-ring (bicyclic) bond motifs is 3. The predicted molar refractivity (Wildman–Crippen MR) is 63.7 cm³/mol. The molecule has 1 saturated heterocycles. The van der Waals surface area contributed by atoms with Gasteiger partial charge in [0.1, 0.15) is 6.04 Å². The van der Waals surface area contributed by atoms with Gasteiger partial charge in [-0.05, 0) is 18.2 Å². The van der Waals surface area contributed by atoms with Crippen LogP contribution in [0.5, 0.6) is 0 Å². The van der Waals surface area contributed by atoms with Crippen LogP contribution < -0.4 is 5.73 Å². The highest BCUT2D eigenvalue weighted by atomic mass is 19.3. The van der Waals surface area contributed by atoms with E-state index in [1.165, 1.54) is 23.1 Å². The smallest absolute Gasteiger partial charge is 0.335 e. The molecule has 0 amide bonds. The van der Waals surface area contributed by atoms with Crippen molar-refractivity contribution in [3.63, 3.8) is 0 Å². The van der Waals surface area contributed by atoms with Crippen LogP contribution in [0.15, 0.2) is 23.2 Å². The summed E-state index contributed by atoms with van der Waals surface area (Å²) in [6.07, 6.45) is -0.315. The summed E-state index contributed by atoms with van der Waals surface area (Å²) in [4.78, 5) is 16.3. The van der Waals surface area contributed by atoms with Crippen molar-refractivity contribution >= 4 is 17.6 Å². The van der Waals surface area contributed by atoms with Crippen LogP contribution in [0.3, 0.4) is 0 Å². The standard InChI is InChI=1S/C12H11F2N3O2/c13-12(14)3-4-17-9(12)7-5-6(10(18)19)1-2-8(7)16-11(17)15/h1-2,5,9H,3-4H2,(H2,15,16)(H,18,19)/t9-/m1/s1. The molecule has 19 heavy (non-hydrogen) atoms. The molecule has 1 fully saturated rings. The second-order valence-electron chi connectivity index (χ2n) is 4.66. The Labute approximate surface area is 107 Å². The van der Waals surface area contributed by atoms with Crippen LogP contribution in [-0.4, -0.2) is 34.4 Å². The predicted octanol–water partition coefficient (Wildman–Crippen LogP) is 1.73. The number of halogens is 2. The minimum absolute atomic E-state index is 0.0305. The molecule has 1 aromatic carbocycles. The lowest BCUT2D eigenvalue weighted by molar-refractivity contribution is -0.0249. The molecule has 100 valence electrons. The maximum atomic E-state index is 14.0. The number of guanidine groups is 1. The molecule has 0 bridgehead atoms. The fraction of sp³-hybridized carbons (Fsp3) is 0.333. The molecule has 0 radical (unpaired) electrons. The van der Waals surface area contributed by atoms with Crippen LogP contribution in [0.4, 0.5) is 14.5 Å². The highest BCUT2D eigenvalue weighted by Gasteiger charge is 2.52. The number of hydrogen-bond donors (Lipinski definition) is 2. The SMILES string of the molecule is NC1=Nc2ccc(C(=O)O)cc2[C@H]2N1CCC2(F)F. The van der Waals surface area contributed by atoms with E-state index in [1.807, 2.05) is 0 Å². The number of carbonyl (C=O) groups is 1. The molecule has 0 unspecified atom stereocenters. The average molecular weight is 267 g/mol. The lowest BCUT2D eigenvalue weighted by atomic mass is 9.96. The summed E-state index contributed by atoms with van der Waals surface area (Å²) in [5.41, 5.74) is 6.18. The third-order valence-electron chi connectivity index (χ3n) is 3.50. The molecular formula is C12H11F2N3O2. The number of nitrogens with zero attached hydrogens (tertiary/aromatic N) is 2. The Balaban J connectivity index is 2.19. The lowest BCUT2D eigenvalue weighted by Crippen LogP contribution is -2.42. The fourth-order valence-corrected chi connectivity index (χ4v) is 2.60. The van der Waals surface area contributed by atoms with E-state index in [2.05, 4.69) is 4.99 Å². The topological polar surface area (TPSA) is 78.9 Å². The molecule has 2 heterocycles. The first-order chi connectivity index (χ1) is 8.90. The van der Waals surface area contributed by atoms with Gasteiger partial charge in [-0.25, -0.2) is 18.6 Å². The highest BCUT2D eigenvalue weighted by Crippen LogP contribution is 2.49. The first-order valence-electron chi connectivity index (χ1n) is 5.76. The Morgan fingerprint density at radius 2 is 2.26 bits per heavy atom. The van der Waals surface area contributed by atoms with Crippen LogP contribution in [0, 0.1) is 0 Å². The minimum Gasteiger partial charge on any atom is -0.478 e. The van der Waals surface area contributed by atoms with Gasteiger partial charge in [0.05, 0.1) is 11.3 Å². The summed E-state index contributed by atoms with van der Waals surface area (Å²) in [7, 11) is 0. The largest absolute Gasteiger partial charge is 0.478 e. The van der Waals surface area contributed by atoms with Gasteiger partial charge in [0.25, 0.3) is 5.92 Å². The Kier molecular flexibility index (Phi) is 2.29. The van der Waals surface area contributed by atoms with E-state index in [0.29, 0.717) is 5.69 Å². The van der Waals surface area contributed by atoms with Crippen LogP contribution in [-0.2, 0) is 0 Å². The summed E-state index contributed by atoms with van der Waals surface area (Å²) < 4.78 is 27.9. The summed E-state index contributed by atoms with van der Waals surface area (Å²) in [6.45, 7) is 0.115. The molecule has 1 atom stereocenters. The molecule has 2 aliphatic rings. The van der Waals surface area contributed by atoms with Crippen molar-refractivity contribution in [1.29, 1.82) is 0 Å². The van der Waals surface area contributed by atoms with Crippen LogP contribution >= 0.6 is 0 Å². The van der Waals surface area contributed by atoms with Crippen LogP contribution in [0.1, 0.15) is 28.4 Å². The van der Waals surface area contributed by atoms with Crippen molar-refractivity contribution in [3.8, 4) is 0 Å². The van der Waals surface area contributed by atoms with E-state index in [4.69, 9.17) is 10.8 Å². The first kappa shape index (κ1) is 11.9. The van der Waals surface area contributed by atoms with Gasteiger partial charge in [-0.15, -0.1) is 0 Å². The molecular weight excluding hydrogens is 256 g/mol. The number of carboxylic acids is 1. The van der Waals surface area contributed by atoms with Gasteiger partial charge in [0, 0.05) is 18.5 Å². The number of benzene rings is 1. The average Bonchev–Trinajstić information content (AvgIpc) is 2.66. The number of hydrogen-bond acceptors (Lipinski definition) is 4. The van der Waals surface area contributed by atoms with Gasteiger partial charge < -0.3 is 15.7 Å². The van der Waals surface area contributed by atoms with Crippen molar-refractivity contribution in [2.45, 2.75) is 18.4 Å². The van der Waals surface area contributed by atoms with E-state index in [9.17, 15) is 13.6 Å². The van der Waals surface area contributed by atoms with E-state index < -0.39 is 17.9 Å². The van der Waals surface area contributed by atoms with E-state index in [-0.39, 0.29) is 30.1 Å². The molecule has 3 N–H and O–H groups in total. The number of nitrogens with two attached hydrogens (primary N) is 1. The Hall–Kier alpha value is -2.18. The summed E-state index contributed by atoms with van der Waals surface area (Å²) in [5, 5.41) is 8.95. The van der Waals surface area contributed by atoms with Crippen molar-refractivity contribution in [1.82, 2.24) is 4.90 Å². The number of aromatic carboxylic acids is 1. The molecule has 2 aliphatic heterocycles. The molecule has 1 aromatic rings. The van der Waals surface area contributed by atoms with Crippen molar-refractivity contribution in [3.05, 3.63) is 29.3 Å². The summed E-state index contributed by atoms with van der Waals surface area (Å²) in [5.74, 6) is -4.04. The second kappa shape index (κ2) is 3.66. The highest BCUT2D eigenvalue weighted by molar-refractivity contribution is 5.90. The monoisotopic (exact) mass is 267 g/mol. The quantitative estimate of drug-likeness (QED) is 0.812. The number of rotatable bonds is 1. The normalized spacial score (nSPS) is 23.6. The molecule has 0 saturated carbocycles. The summed E-state index contributed by atoms with van der Waals surface area (Å²) in [6, 6.07) is 2.78. The summed E-state index contributed by atoms with van der Waals surface area (Å²) >= 11 is 0. The van der Waals surface area contributed by atoms with Gasteiger partial charge in [0.15, 0.2) is 5.96 Å². The number of carboxylic acid groups (broad SMARTS) is 1. The zero-order valence-corrected chi connectivity index (χ0v) is 9.81. The molecule has 0 aliphatic carbocycles. The van der Waals surface area contributed by atoms with Crippen LogP contribution in [0.25, 0.3) is 0 Å². The second-order valence-corrected chi connectivity index (χ2v) is 4.66. The molecule has 3 rings (SSSR count). The Morgan fingerprint density at radius 1 is 1.53 bits per heavy atom. The van der Waals surface area contributed by atoms with Crippen molar-refractivity contribution < 1.29 is 18.7 Å². The lowest BCUT2D eigenvalue weighted by Gasteiger charge is -2.33. The Bertz CT molecular complexity index is 601. The molecule has 5 nitrogen and oxygen atoms in total. The van der Waals surface area contributed by atoms with Crippen molar-refractivity contribution in [2.24, 2.45) is 10.7 Å². The fourth-order valence-electron chi connectivity index (χ4n) is 2.60. The number of alkyl halides is 2. The third kappa shape index (κ3) is 1.65. The minimum atomic E-state index is -2.94. The van der Waals surface area contributed by atoms with E-state index in [0.717, 1.165) is 0 Å². The molecule has 0 aromatic heterocycles. The molecule has 7 heteroatoms. The molecule has 0 spiro atoms. The maximum Gasteiger partial charge on any atom is 0.335 e. The van der Waals surface area contributed by atoms with Gasteiger partial charge in [0.2, 0.25) is 0 Å². The van der Waals surface area contributed by atoms with Gasteiger partial charge in [-0.1, -0.05) is 0 Å². The van der Waals surface area contributed by atoms with Gasteiger partial charge in [-0.2, -0.15) is 0 Å². The maximum absolute atomic E-state index is 14.0. The third-order valence-corrected chi connectivity index (χ3v) is 3.50.